The zero-order chi connectivity index (χ0) is 17.1. The molecule has 120 valence electrons. The van der Waals surface area contributed by atoms with Crippen molar-refractivity contribution in [3.63, 3.8) is 0 Å². The molecule has 0 spiro atoms. The molecular weight excluding hydrogens is 348 g/mol. The summed E-state index contributed by atoms with van der Waals surface area (Å²) in [6, 6.07) is 11.6. The molecule has 0 saturated carbocycles. The van der Waals surface area contributed by atoms with Crippen LogP contribution < -0.4 is 0 Å². The molecule has 1 aromatic heterocycles. The summed E-state index contributed by atoms with van der Waals surface area (Å²) in [7, 11) is 0. The van der Waals surface area contributed by atoms with Crippen LogP contribution in [0.4, 0.5) is 4.79 Å². The topological polar surface area (TPSA) is 67.3 Å². The molecule has 1 fully saturated rings. The van der Waals surface area contributed by atoms with Crippen molar-refractivity contribution >= 4 is 46.4 Å². The van der Waals surface area contributed by atoms with Crippen LogP contribution in [0.25, 0.3) is 6.08 Å². The summed E-state index contributed by atoms with van der Waals surface area (Å²) >= 11 is 6.58. The molecule has 1 aromatic carbocycles. The quantitative estimate of drug-likeness (QED) is 0.616. The van der Waals surface area contributed by atoms with E-state index in [4.69, 9.17) is 11.6 Å². The maximum absolute atomic E-state index is 12.4. The minimum Gasteiger partial charge on any atom is -0.292 e. The smallest absolute Gasteiger partial charge is 0.292 e. The number of nitrogens with zero attached hydrogens (tertiary/aromatic N) is 2. The lowest BCUT2D eigenvalue weighted by Crippen LogP contribution is -2.33. The van der Waals surface area contributed by atoms with Crippen molar-refractivity contribution in [2.45, 2.75) is 0 Å². The summed E-state index contributed by atoms with van der Waals surface area (Å²) in [5.41, 5.74) is 0.971. The number of imide groups is 1. The fraction of sp³-hybridized carbons (Fsp3) is 0.0588. The largest absolute Gasteiger partial charge is 0.293 e. The number of rotatable bonds is 4. The molecule has 0 radical (unpaired) electrons. The van der Waals surface area contributed by atoms with Crippen LogP contribution in [-0.2, 0) is 4.79 Å². The Kier molecular flexibility index (Phi) is 4.78. The molecule has 0 N–H and O–H groups in total. The van der Waals surface area contributed by atoms with E-state index >= 15 is 0 Å². The van der Waals surface area contributed by atoms with E-state index < -0.39 is 11.1 Å². The number of thioether (sulfide) groups is 1. The number of hydrogen-bond donors (Lipinski definition) is 0. The summed E-state index contributed by atoms with van der Waals surface area (Å²) in [6.45, 7) is -0.300. The van der Waals surface area contributed by atoms with Crippen molar-refractivity contribution in [2.75, 3.05) is 6.54 Å². The third-order valence-electron chi connectivity index (χ3n) is 3.31. The van der Waals surface area contributed by atoms with E-state index in [1.54, 1.807) is 48.7 Å². The van der Waals surface area contributed by atoms with Gasteiger partial charge in [-0.15, -0.1) is 0 Å². The minimum absolute atomic E-state index is 0.252. The molecule has 1 saturated heterocycles. The lowest BCUT2D eigenvalue weighted by molar-refractivity contribution is -0.122. The van der Waals surface area contributed by atoms with E-state index in [2.05, 4.69) is 4.98 Å². The molecule has 0 aliphatic carbocycles. The molecule has 1 aliphatic heterocycles. The first-order valence-corrected chi connectivity index (χ1v) is 8.19. The first kappa shape index (κ1) is 16.4. The Morgan fingerprint density at radius 3 is 2.58 bits per heavy atom. The number of pyridine rings is 1. The van der Waals surface area contributed by atoms with Crippen LogP contribution >= 0.6 is 23.4 Å². The monoisotopic (exact) mass is 358 g/mol. The molecule has 0 bridgehead atoms. The van der Waals surface area contributed by atoms with Crippen molar-refractivity contribution in [3.8, 4) is 0 Å². The van der Waals surface area contributed by atoms with Gasteiger partial charge >= 0.3 is 0 Å². The Morgan fingerprint density at radius 1 is 1.17 bits per heavy atom. The average molecular weight is 359 g/mol. The third-order valence-corrected chi connectivity index (χ3v) is 4.47. The Balaban J connectivity index is 1.76. The summed E-state index contributed by atoms with van der Waals surface area (Å²) in [6.07, 6.45) is 3.14. The molecule has 5 nitrogen and oxygen atoms in total. The first-order valence-electron chi connectivity index (χ1n) is 7.00. The van der Waals surface area contributed by atoms with Gasteiger partial charge in [-0.1, -0.05) is 17.7 Å². The van der Waals surface area contributed by atoms with E-state index in [0.717, 1.165) is 16.7 Å². The summed E-state index contributed by atoms with van der Waals surface area (Å²) in [4.78, 5) is 41.9. The SMILES string of the molecule is O=C(CN1C(=O)S/C(=C\c2ccccn2)C1=O)c1ccc(Cl)cc1. The number of ketones is 1. The highest BCUT2D eigenvalue weighted by atomic mass is 35.5. The molecular formula is C17H11ClN2O3S. The van der Waals surface area contributed by atoms with Gasteiger partial charge in [0.05, 0.1) is 17.1 Å². The number of hydrogen-bond acceptors (Lipinski definition) is 5. The number of Topliss-reactive ketones (excluding diaryl/α,β-unsaturated/α-hetero) is 1. The van der Waals surface area contributed by atoms with E-state index in [0.29, 0.717) is 16.3 Å². The number of benzene rings is 1. The Morgan fingerprint density at radius 2 is 1.92 bits per heavy atom. The summed E-state index contributed by atoms with van der Waals surface area (Å²) < 4.78 is 0. The van der Waals surface area contributed by atoms with Gasteiger partial charge in [0.15, 0.2) is 5.78 Å². The number of carbonyl (C=O) groups excluding carboxylic acids is 3. The normalized spacial score (nSPS) is 16.0. The Bertz CT molecular complexity index is 835. The highest BCUT2D eigenvalue weighted by Gasteiger charge is 2.36. The van der Waals surface area contributed by atoms with Gasteiger partial charge in [-0.05, 0) is 54.2 Å². The van der Waals surface area contributed by atoms with Crippen LogP contribution in [-0.4, -0.2) is 33.4 Å². The molecule has 2 aromatic rings. The number of aromatic nitrogens is 1. The second-order valence-corrected chi connectivity index (χ2v) is 6.38. The molecule has 0 unspecified atom stereocenters. The highest BCUT2D eigenvalue weighted by molar-refractivity contribution is 8.18. The van der Waals surface area contributed by atoms with Gasteiger partial charge in [-0.2, -0.15) is 0 Å². The van der Waals surface area contributed by atoms with Crippen LogP contribution in [0.1, 0.15) is 16.1 Å². The Hall–Kier alpha value is -2.44. The number of amides is 2. The zero-order valence-corrected chi connectivity index (χ0v) is 13.9. The number of carbonyl (C=O) groups is 3. The summed E-state index contributed by atoms with van der Waals surface area (Å²) in [5, 5.41) is 0.0421. The highest BCUT2D eigenvalue weighted by Crippen LogP contribution is 2.32. The zero-order valence-electron chi connectivity index (χ0n) is 12.3. The number of halogens is 1. The van der Waals surface area contributed by atoms with E-state index in [-0.39, 0.29) is 17.2 Å². The van der Waals surface area contributed by atoms with Crippen LogP contribution in [0.2, 0.25) is 5.02 Å². The van der Waals surface area contributed by atoms with Crippen molar-refractivity contribution in [1.82, 2.24) is 9.88 Å². The van der Waals surface area contributed by atoms with E-state index in [9.17, 15) is 14.4 Å². The molecule has 2 amide bonds. The second-order valence-electron chi connectivity index (χ2n) is 4.95. The lowest BCUT2D eigenvalue weighted by Gasteiger charge is -2.11. The molecule has 1 aliphatic rings. The predicted molar refractivity (Wildman–Crippen MR) is 92.7 cm³/mol. The maximum atomic E-state index is 12.4. The first-order chi connectivity index (χ1) is 11.5. The lowest BCUT2D eigenvalue weighted by atomic mass is 10.1. The fourth-order valence-corrected chi connectivity index (χ4v) is 3.05. The Labute approximate surface area is 147 Å². The molecule has 24 heavy (non-hydrogen) atoms. The van der Waals surface area contributed by atoms with E-state index in [1.165, 1.54) is 6.08 Å². The van der Waals surface area contributed by atoms with Gasteiger partial charge < -0.3 is 0 Å². The van der Waals surface area contributed by atoms with Crippen LogP contribution in [0.5, 0.6) is 0 Å². The van der Waals surface area contributed by atoms with Crippen molar-refractivity contribution < 1.29 is 14.4 Å². The minimum atomic E-state index is -0.488. The van der Waals surface area contributed by atoms with Gasteiger partial charge in [0.2, 0.25) is 0 Å². The average Bonchev–Trinajstić information content (AvgIpc) is 2.84. The van der Waals surface area contributed by atoms with Crippen molar-refractivity contribution in [2.24, 2.45) is 0 Å². The standard InChI is InChI=1S/C17H11ClN2O3S/c18-12-6-4-11(5-7-12)14(21)10-20-16(22)15(24-17(20)23)9-13-3-1-2-8-19-13/h1-9H,10H2/b15-9-. The van der Waals surface area contributed by atoms with Gasteiger partial charge in [-0.25, -0.2) is 0 Å². The maximum Gasteiger partial charge on any atom is 0.293 e. The predicted octanol–water partition coefficient (Wildman–Crippen LogP) is 3.65. The van der Waals surface area contributed by atoms with Crippen LogP contribution in [0.15, 0.2) is 53.6 Å². The second kappa shape index (κ2) is 6.98. The van der Waals surface area contributed by atoms with Gasteiger partial charge in [0.25, 0.3) is 11.1 Å². The summed E-state index contributed by atoms with van der Waals surface area (Å²) in [5.74, 6) is -0.814. The molecule has 0 atom stereocenters. The van der Waals surface area contributed by atoms with Gasteiger partial charge in [0, 0.05) is 16.8 Å². The molecule has 3 rings (SSSR count). The molecule has 2 heterocycles. The van der Waals surface area contributed by atoms with Crippen molar-refractivity contribution in [3.05, 3.63) is 69.8 Å². The third kappa shape index (κ3) is 3.55. The van der Waals surface area contributed by atoms with Gasteiger partial charge in [-0.3, -0.25) is 24.3 Å². The molecule has 7 heteroatoms. The van der Waals surface area contributed by atoms with E-state index in [1.807, 2.05) is 0 Å². The van der Waals surface area contributed by atoms with Crippen LogP contribution in [0, 0.1) is 0 Å². The van der Waals surface area contributed by atoms with Gasteiger partial charge in [0.1, 0.15) is 0 Å². The fourth-order valence-electron chi connectivity index (χ4n) is 2.10. The van der Waals surface area contributed by atoms with Crippen LogP contribution in [0.3, 0.4) is 0 Å². The van der Waals surface area contributed by atoms with Crippen molar-refractivity contribution in [1.29, 1.82) is 0 Å².